The van der Waals surface area contributed by atoms with Crippen molar-refractivity contribution in [2.45, 2.75) is 20.0 Å². The quantitative estimate of drug-likeness (QED) is 0.585. The Morgan fingerprint density at radius 3 is 2.52 bits per heavy atom. The maximum atomic E-state index is 13.7. The zero-order valence-corrected chi connectivity index (χ0v) is 17.4. The summed E-state index contributed by atoms with van der Waals surface area (Å²) in [5, 5.41) is 5.19. The molecule has 4 nitrogen and oxygen atoms in total. The molecule has 0 aliphatic rings. The van der Waals surface area contributed by atoms with Gasteiger partial charge in [-0.05, 0) is 68.5 Å². The first-order valence-corrected chi connectivity index (χ1v) is 9.65. The topological polar surface area (TPSA) is 38.1 Å². The Kier molecular flexibility index (Phi) is 6.62. The number of benzene rings is 2. The van der Waals surface area contributed by atoms with Crippen LogP contribution in [-0.2, 0) is 13.1 Å². The van der Waals surface area contributed by atoms with E-state index in [1.165, 1.54) is 10.7 Å². The van der Waals surface area contributed by atoms with Gasteiger partial charge in [0.05, 0.1) is 12.2 Å². The third-order valence-corrected chi connectivity index (χ3v) is 4.70. The van der Waals surface area contributed by atoms with Crippen LogP contribution in [0.5, 0.6) is 0 Å². The standard InChI is InChI=1S/C23H23ClFN3O/c1-16-13-18(8-11-21(16)25)22-14-19(15-27(2)3)23(29)28(26-22)12-4-5-17-6-9-20(24)10-7-17/h4-11,13-14H,12,15H2,1-3H3/b5-4+. The monoisotopic (exact) mass is 411 g/mol. The van der Waals surface area contributed by atoms with E-state index >= 15 is 0 Å². The lowest BCUT2D eigenvalue weighted by atomic mass is 10.1. The Morgan fingerprint density at radius 2 is 1.86 bits per heavy atom. The zero-order chi connectivity index (χ0) is 21.0. The molecular weight excluding hydrogens is 389 g/mol. The number of rotatable bonds is 6. The first kappa shape index (κ1) is 21.0. The first-order valence-electron chi connectivity index (χ1n) is 9.28. The van der Waals surface area contributed by atoms with E-state index in [4.69, 9.17) is 11.6 Å². The second-order valence-corrected chi connectivity index (χ2v) is 7.63. The van der Waals surface area contributed by atoms with Gasteiger partial charge in [0.25, 0.3) is 5.56 Å². The van der Waals surface area contributed by atoms with Crippen LogP contribution in [0.4, 0.5) is 4.39 Å². The Hall–Kier alpha value is -2.76. The summed E-state index contributed by atoms with van der Waals surface area (Å²) >= 11 is 5.91. The molecule has 3 aromatic rings. The molecule has 0 saturated carbocycles. The lowest BCUT2D eigenvalue weighted by Crippen LogP contribution is -2.29. The molecule has 3 rings (SSSR count). The molecule has 0 N–H and O–H groups in total. The van der Waals surface area contributed by atoms with Crippen LogP contribution in [0.15, 0.2) is 59.4 Å². The highest BCUT2D eigenvalue weighted by molar-refractivity contribution is 6.30. The van der Waals surface area contributed by atoms with Crippen LogP contribution in [0.2, 0.25) is 5.02 Å². The van der Waals surface area contributed by atoms with Crippen molar-refractivity contribution in [3.05, 3.63) is 92.5 Å². The second-order valence-electron chi connectivity index (χ2n) is 7.20. The summed E-state index contributed by atoms with van der Waals surface area (Å²) < 4.78 is 15.1. The molecule has 2 aromatic carbocycles. The van der Waals surface area contributed by atoms with Crippen LogP contribution in [0.25, 0.3) is 17.3 Å². The Labute approximate surface area is 174 Å². The molecule has 0 amide bonds. The number of nitrogens with zero attached hydrogens (tertiary/aromatic N) is 3. The molecular formula is C23H23ClFN3O. The van der Waals surface area contributed by atoms with Crippen molar-refractivity contribution in [2.24, 2.45) is 0 Å². The summed E-state index contributed by atoms with van der Waals surface area (Å²) in [5.41, 5.74) is 3.45. The van der Waals surface area contributed by atoms with Gasteiger partial charge in [0.1, 0.15) is 5.82 Å². The lowest BCUT2D eigenvalue weighted by Gasteiger charge is -2.13. The summed E-state index contributed by atoms with van der Waals surface area (Å²) in [5.74, 6) is -0.263. The van der Waals surface area contributed by atoms with Gasteiger partial charge in [-0.3, -0.25) is 4.79 Å². The van der Waals surface area contributed by atoms with Gasteiger partial charge < -0.3 is 4.90 Å². The maximum absolute atomic E-state index is 13.7. The Balaban J connectivity index is 1.97. The van der Waals surface area contributed by atoms with Crippen molar-refractivity contribution in [1.82, 2.24) is 14.7 Å². The van der Waals surface area contributed by atoms with Gasteiger partial charge in [-0.2, -0.15) is 5.10 Å². The molecule has 0 fully saturated rings. The first-order chi connectivity index (χ1) is 13.8. The predicted octanol–water partition coefficient (Wildman–Crippen LogP) is 4.79. The molecule has 150 valence electrons. The van der Waals surface area contributed by atoms with E-state index in [0.717, 1.165) is 11.1 Å². The highest BCUT2D eigenvalue weighted by atomic mass is 35.5. The fourth-order valence-corrected chi connectivity index (χ4v) is 3.11. The largest absolute Gasteiger partial charge is 0.305 e. The highest BCUT2D eigenvalue weighted by Gasteiger charge is 2.11. The van der Waals surface area contributed by atoms with Crippen LogP contribution in [-0.4, -0.2) is 28.8 Å². The molecule has 1 aromatic heterocycles. The van der Waals surface area contributed by atoms with E-state index in [0.29, 0.717) is 34.9 Å². The number of allylic oxidation sites excluding steroid dienone is 1. The molecule has 0 radical (unpaired) electrons. The summed E-state index contributed by atoms with van der Waals surface area (Å²) in [6.45, 7) is 2.54. The smallest absolute Gasteiger partial charge is 0.271 e. The Bertz CT molecular complexity index is 1090. The van der Waals surface area contributed by atoms with E-state index in [1.54, 1.807) is 25.1 Å². The number of hydrogen-bond acceptors (Lipinski definition) is 3. The number of aromatic nitrogens is 2. The van der Waals surface area contributed by atoms with Gasteiger partial charge >= 0.3 is 0 Å². The van der Waals surface area contributed by atoms with Crippen molar-refractivity contribution >= 4 is 17.7 Å². The molecule has 0 aliphatic carbocycles. The number of aryl methyl sites for hydroxylation is 1. The number of hydrogen-bond donors (Lipinski definition) is 0. The fourth-order valence-electron chi connectivity index (χ4n) is 2.98. The summed E-state index contributed by atoms with van der Waals surface area (Å²) in [6.07, 6.45) is 3.81. The minimum Gasteiger partial charge on any atom is -0.305 e. The molecule has 0 aliphatic heterocycles. The van der Waals surface area contributed by atoms with Crippen LogP contribution in [0, 0.1) is 12.7 Å². The highest BCUT2D eigenvalue weighted by Crippen LogP contribution is 2.20. The zero-order valence-electron chi connectivity index (χ0n) is 16.7. The molecule has 1 heterocycles. The van der Waals surface area contributed by atoms with Gasteiger partial charge in [0.15, 0.2) is 0 Å². The lowest BCUT2D eigenvalue weighted by molar-refractivity contribution is 0.397. The molecule has 29 heavy (non-hydrogen) atoms. The summed E-state index contributed by atoms with van der Waals surface area (Å²) in [6, 6.07) is 14.1. The van der Waals surface area contributed by atoms with Gasteiger partial charge in [-0.25, -0.2) is 9.07 Å². The minimum absolute atomic E-state index is 0.137. The molecule has 0 unspecified atom stereocenters. The fraction of sp³-hybridized carbons (Fsp3) is 0.217. The van der Waals surface area contributed by atoms with Crippen LogP contribution in [0.1, 0.15) is 16.7 Å². The van der Waals surface area contributed by atoms with Gasteiger partial charge in [-0.15, -0.1) is 0 Å². The van der Waals surface area contributed by atoms with Crippen molar-refractivity contribution in [1.29, 1.82) is 0 Å². The molecule has 0 saturated heterocycles. The van der Waals surface area contributed by atoms with Gasteiger partial charge in [-0.1, -0.05) is 35.9 Å². The van der Waals surface area contributed by atoms with E-state index < -0.39 is 0 Å². The summed E-state index contributed by atoms with van der Waals surface area (Å²) in [7, 11) is 3.82. The molecule has 0 spiro atoms. The van der Waals surface area contributed by atoms with Gasteiger partial charge in [0.2, 0.25) is 0 Å². The molecule has 0 bridgehead atoms. The minimum atomic E-state index is -0.263. The van der Waals surface area contributed by atoms with E-state index in [1.807, 2.05) is 55.4 Å². The van der Waals surface area contributed by atoms with E-state index in [2.05, 4.69) is 5.10 Å². The van der Waals surface area contributed by atoms with Crippen molar-refractivity contribution in [3.8, 4) is 11.3 Å². The third-order valence-electron chi connectivity index (χ3n) is 4.45. The average Bonchev–Trinajstić information content (AvgIpc) is 2.68. The second kappa shape index (κ2) is 9.16. The van der Waals surface area contributed by atoms with Crippen molar-refractivity contribution in [2.75, 3.05) is 14.1 Å². The molecule has 0 atom stereocenters. The Morgan fingerprint density at radius 1 is 1.14 bits per heavy atom. The average molecular weight is 412 g/mol. The van der Waals surface area contributed by atoms with Crippen molar-refractivity contribution < 1.29 is 4.39 Å². The van der Waals surface area contributed by atoms with Gasteiger partial charge in [0, 0.05) is 22.7 Å². The molecule has 6 heteroatoms. The van der Waals surface area contributed by atoms with E-state index in [-0.39, 0.29) is 11.4 Å². The predicted molar refractivity (Wildman–Crippen MR) is 117 cm³/mol. The SMILES string of the molecule is Cc1cc(-c2cc(CN(C)C)c(=O)n(C/C=C/c3ccc(Cl)cc3)n2)ccc1F. The van der Waals surface area contributed by atoms with Crippen LogP contribution < -0.4 is 5.56 Å². The summed E-state index contributed by atoms with van der Waals surface area (Å²) in [4.78, 5) is 14.8. The van der Waals surface area contributed by atoms with Crippen molar-refractivity contribution in [3.63, 3.8) is 0 Å². The van der Waals surface area contributed by atoms with Crippen LogP contribution >= 0.6 is 11.6 Å². The van der Waals surface area contributed by atoms with E-state index in [9.17, 15) is 9.18 Å². The number of halogens is 2. The third kappa shape index (κ3) is 5.40. The normalized spacial score (nSPS) is 11.5. The maximum Gasteiger partial charge on any atom is 0.271 e. The van der Waals surface area contributed by atoms with Crippen LogP contribution in [0.3, 0.4) is 0 Å².